The van der Waals surface area contributed by atoms with Gasteiger partial charge in [-0.05, 0) is 31.3 Å². The fraction of sp³-hybridized carbons (Fsp3) is 0.933. The van der Waals surface area contributed by atoms with Gasteiger partial charge in [-0.15, -0.1) is 0 Å². The van der Waals surface area contributed by atoms with Crippen molar-refractivity contribution in [3.05, 3.63) is 0 Å². The van der Waals surface area contributed by atoms with E-state index in [1.807, 2.05) is 18.8 Å². The molecule has 2 aliphatic rings. The minimum Gasteiger partial charge on any atom is -0.379 e. The molecule has 2 saturated heterocycles. The van der Waals surface area contributed by atoms with Crippen LogP contribution in [0.2, 0.25) is 0 Å². The van der Waals surface area contributed by atoms with Crippen LogP contribution in [0, 0.1) is 0 Å². The Morgan fingerprint density at radius 1 is 1.29 bits per heavy atom. The van der Waals surface area contributed by atoms with Crippen LogP contribution in [0.25, 0.3) is 0 Å². The lowest BCUT2D eigenvalue weighted by atomic mass is 10.2. The Kier molecular flexibility index (Phi) is 7.68. The van der Waals surface area contributed by atoms with E-state index in [1.165, 1.54) is 25.0 Å². The molecule has 0 amide bonds. The van der Waals surface area contributed by atoms with E-state index in [9.17, 15) is 0 Å². The third-order valence-electron chi connectivity index (χ3n) is 4.30. The summed E-state index contributed by atoms with van der Waals surface area (Å²) in [6.07, 6.45) is 5.91. The Morgan fingerprint density at radius 2 is 2.10 bits per heavy atom. The molecule has 21 heavy (non-hydrogen) atoms. The van der Waals surface area contributed by atoms with E-state index < -0.39 is 0 Å². The van der Waals surface area contributed by atoms with Crippen molar-refractivity contribution in [2.24, 2.45) is 4.99 Å². The number of rotatable bonds is 6. The minimum atomic E-state index is 0.670. The second-order valence-electron chi connectivity index (χ2n) is 5.71. The van der Waals surface area contributed by atoms with Crippen molar-refractivity contribution in [1.82, 2.24) is 15.1 Å². The van der Waals surface area contributed by atoms with Gasteiger partial charge in [-0.2, -0.15) is 11.8 Å². The van der Waals surface area contributed by atoms with Gasteiger partial charge in [0.1, 0.15) is 0 Å². The summed E-state index contributed by atoms with van der Waals surface area (Å²) in [4.78, 5) is 9.44. The fourth-order valence-electron chi connectivity index (χ4n) is 3.08. The van der Waals surface area contributed by atoms with Crippen molar-refractivity contribution >= 4 is 17.7 Å². The van der Waals surface area contributed by atoms with Gasteiger partial charge >= 0.3 is 0 Å². The highest BCUT2D eigenvalue weighted by molar-refractivity contribution is 7.98. The van der Waals surface area contributed by atoms with Crippen LogP contribution in [0.5, 0.6) is 0 Å². The SMILES string of the molecule is CN=C(NCCCCSC)N1CCC(N2CCOCC2)C1. The van der Waals surface area contributed by atoms with Crippen molar-refractivity contribution < 1.29 is 4.74 Å². The zero-order valence-electron chi connectivity index (χ0n) is 13.5. The summed E-state index contributed by atoms with van der Waals surface area (Å²) >= 11 is 1.92. The zero-order valence-corrected chi connectivity index (χ0v) is 14.3. The monoisotopic (exact) mass is 314 g/mol. The molecule has 0 saturated carbocycles. The van der Waals surface area contributed by atoms with E-state index in [0.29, 0.717) is 6.04 Å². The largest absolute Gasteiger partial charge is 0.379 e. The summed E-state index contributed by atoms with van der Waals surface area (Å²) in [7, 11) is 1.90. The normalized spacial score (nSPS) is 24.6. The van der Waals surface area contributed by atoms with E-state index in [0.717, 1.165) is 51.9 Å². The number of unbranched alkanes of at least 4 members (excludes halogenated alkanes) is 1. The maximum Gasteiger partial charge on any atom is 0.193 e. The van der Waals surface area contributed by atoms with Gasteiger partial charge in [0.15, 0.2) is 5.96 Å². The zero-order chi connectivity index (χ0) is 14.9. The number of likely N-dealkylation sites (tertiary alicyclic amines) is 1. The Labute approximate surface area is 133 Å². The first kappa shape index (κ1) is 16.9. The van der Waals surface area contributed by atoms with Crippen molar-refractivity contribution in [2.45, 2.75) is 25.3 Å². The number of nitrogens with one attached hydrogen (secondary N) is 1. The number of thioether (sulfide) groups is 1. The molecule has 122 valence electrons. The van der Waals surface area contributed by atoms with Crippen molar-refractivity contribution in [2.75, 3.05) is 65.0 Å². The average Bonchev–Trinajstić information content (AvgIpc) is 3.01. The maximum atomic E-state index is 5.45. The third-order valence-corrected chi connectivity index (χ3v) is 4.99. The standard InChI is InChI=1S/C15H30N4OS/c1-16-15(17-6-3-4-12-21-2)19-7-5-14(13-19)18-8-10-20-11-9-18/h14H,3-13H2,1-2H3,(H,16,17). The smallest absolute Gasteiger partial charge is 0.193 e. The third kappa shape index (κ3) is 5.34. The van der Waals surface area contributed by atoms with Gasteiger partial charge in [-0.1, -0.05) is 0 Å². The van der Waals surface area contributed by atoms with E-state index in [4.69, 9.17) is 4.74 Å². The second kappa shape index (κ2) is 9.54. The molecule has 1 N–H and O–H groups in total. The quantitative estimate of drug-likeness (QED) is 0.452. The highest BCUT2D eigenvalue weighted by Gasteiger charge is 2.29. The highest BCUT2D eigenvalue weighted by Crippen LogP contribution is 2.17. The van der Waals surface area contributed by atoms with Gasteiger partial charge in [0.05, 0.1) is 13.2 Å². The van der Waals surface area contributed by atoms with Gasteiger partial charge < -0.3 is 15.0 Å². The number of ether oxygens (including phenoxy) is 1. The van der Waals surface area contributed by atoms with Gasteiger partial charge in [0.2, 0.25) is 0 Å². The number of hydrogen-bond acceptors (Lipinski definition) is 4. The number of morpholine rings is 1. The molecule has 5 nitrogen and oxygen atoms in total. The van der Waals surface area contributed by atoms with Crippen LogP contribution in [0.15, 0.2) is 4.99 Å². The minimum absolute atomic E-state index is 0.670. The molecule has 0 aromatic rings. The highest BCUT2D eigenvalue weighted by atomic mass is 32.2. The molecule has 2 aliphatic heterocycles. The summed E-state index contributed by atoms with van der Waals surface area (Å²) < 4.78 is 5.45. The topological polar surface area (TPSA) is 40.1 Å². The van der Waals surface area contributed by atoms with Crippen molar-refractivity contribution in [3.63, 3.8) is 0 Å². The Balaban J connectivity index is 1.70. The molecule has 1 atom stereocenters. The molecule has 2 fully saturated rings. The lowest BCUT2D eigenvalue weighted by Gasteiger charge is -2.32. The molecule has 6 heteroatoms. The summed E-state index contributed by atoms with van der Waals surface area (Å²) in [5.74, 6) is 2.33. The van der Waals surface area contributed by atoms with Gasteiger partial charge in [-0.25, -0.2) is 0 Å². The summed E-state index contributed by atoms with van der Waals surface area (Å²) in [6, 6.07) is 0.670. The first-order valence-electron chi connectivity index (χ1n) is 8.11. The van der Waals surface area contributed by atoms with Crippen LogP contribution < -0.4 is 5.32 Å². The van der Waals surface area contributed by atoms with Gasteiger partial charge in [-0.3, -0.25) is 9.89 Å². The van der Waals surface area contributed by atoms with E-state index >= 15 is 0 Å². The van der Waals surface area contributed by atoms with Crippen molar-refractivity contribution in [3.8, 4) is 0 Å². The summed E-state index contributed by atoms with van der Waals surface area (Å²) in [5.41, 5.74) is 0. The first-order valence-corrected chi connectivity index (χ1v) is 9.51. The fourth-order valence-corrected chi connectivity index (χ4v) is 3.57. The Morgan fingerprint density at radius 3 is 2.81 bits per heavy atom. The molecular weight excluding hydrogens is 284 g/mol. The lowest BCUT2D eigenvalue weighted by molar-refractivity contribution is 0.0195. The predicted octanol–water partition coefficient (Wildman–Crippen LogP) is 1.11. The Bertz CT molecular complexity index is 321. The summed E-state index contributed by atoms with van der Waals surface area (Å²) in [6.45, 7) is 7.19. The molecular formula is C15H30N4OS. The number of guanidine groups is 1. The van der Waals surface area contributed by atoms with E-state index in [2.05, 4.69) is 26.4 Å². The van der Waals surface area contributed by atoms with E-state index in [-0.39, 0.29) is 0 Å². The van der Waals surface area contributed by atoms with Crippen LogP contribution in [0.3, 0.4) is 0 Å². The van der Waals surface area contributed by atoms with E-state index in [1.54, 1.807) is 0 Å². The summed E-state index contributed by atoms with van der Waals surface area (Å²) in [5, 5.41) is 3.52. The van der Waals surface area contributed by atoms with Crippen molar-refractivity contribution in [1.29, 1.82) is 0 Å². The van der Waals surface area contributed by atoms with Crippen LogP contribution in [-0.2, 0) is 4.74 Å². The van der Waals surface area contributed by atoms with Crippen LogP contribution in [0.1, 0.15) is 19.3 Å². The number of hydrogen-bond donors (Lipinski definition) is 1. The lowest BCUT2D eigenvalue weighted by Crippen LogP contribution is -2.46. The van der Waals surface area contributed by atoms with Crippen LogP contribution in [-0.4, -0.2) is 86.8 Å². The molecule has 0 aromatic heterocycles. The molecule has 2 rings (SSSR count). The molecule has 1 unspecified atom stereocenters. The van der Waals surface area contributed by atoms with Crippen LogP contribution in [0.4, 0.5) is 0 Å². The van der Waals surface area contributed by atoms with Crippen LogP contribution >= 0.6 is 11.8 Å². The molecule has 0 radical (unpaired) electrons. The first-order chi connectivity index (χ1) is 10.3. The maximum absolute atomic E-state index is 5.45. The predicted molar refractivity (Wildman–Crippen MR) is 91.3 cm³/mol. The molecule has 0 bridgehead atoms. The average molecular weight is 314 g/mol. The molecule has 0 spiro atoms. The Hall–Kier alpha value is -0.460. The van der Waals surface area contributed by atoms with Gasteiger partial charge in [0.25, 0.3) is 0 Å². The molecule has 0 aliphatic carbocycles. The van der Waals surface area contributed by atoms with Gasteiger partial charge in [0, 0.05) is 45.8 Å². The number of aliphatic imine (C=N–C) groups is 1. The second-order valence-corrected chi connectivity index (χ2v) is 6.70. The number of nitrogens with zero attached hydrogens (tertiary/aromatic N) is 3. The molecule has 0 aromatic carbocycles. The molecule has 2 heterocycles.